The molecule has 0 aliphatic carbocycles. The minimum absolute atomic E-state index is 0.571. The minimum Gasteiger partial charge on any atom is -0.473 e. The quantitative estimate of drug-likeness (QED) is 0.579. The Morgan fingerprint density at radius 1 is 1.32 bits per heavy atom. The summed E-state index contributed by atoms with van der Waals surface area (Å²) in [4.78, 5) is 20.5. The Hall–Kier alpha value is -2.26. The van der Waals surface area contributed by atoms with E-state index in [0.29, 0.717) is 12.5 Å². The molecule has 2 rings (SSSR count). The number of carboxylic acid groups (broad SMARTS) is 2. The van der Waals surface area contributed by atoms with Gasteiger partial charge in [-0.15, -0.1) is 4.37 Å². The summed E-state index contributed by atoms with van der Waals surface area (Å²) in [7, 11) is 2.13. The Bertz CT molecular complexity index is 615. The Kier molecular flexibility index (Phi) is 9.41. The van der Waals surface area contributed by atoms with Crippen molar-refractivity contribution in [3.05, 3.63) is 23.9 Å². The van der Waals surface area contributed by atoms with E-state index in [4.69, 9.17) is 24.5 Å². The van der Waals surface area contributed by atoms with E-state index >= 15 is 0 Å². The monoisotopic (exact) mass is 369 g/mol. The molecule has 1 aromatic heterocycles. The highest BCUT2D eigenvalue weighted by molar-refractivity contribution is 6.99. The molecule has 8 nitrogen and oxygen atoms in total. The molecule has 0 amide bonds. The predicted octanol–water partition coefficient (Wildman–Crippen LogP) is 2.15. The Morgan fingerprint density at radius 2 is 2.04 bits per heavy atom. The van der Waals surface area contributed by atoms with Gasteiger partial charge in [0.05, 0.1) is 11.7 Å². The summed E-state index contributed by atoms with van der Waals surface area (Å²) in [6.07, 6.45) is 9.78. The SMILES string of the molecule is CCC/C=C\COc1nsnc1C1=CCCN(C)C1.O=C(O)C(=O)O. The second-order valence-corrected chi connectivity index (χ2v) is 5.88. The van der Waals surface area contributed by atoms with E-state index in [9.17, 15) is 0 Å². The molecule has 25 heavy (non-hydrogen) atoms. The van der Waals surface area contributed by atoms with Crippen molar-refractivity contribution >= 4 is 29.2 Å². The number of hydrogen-bond donors (Lipinski definition) is 2. The van der Waals surface area contributed by atoms with Gasteiger partial charge in [-0.05, 0) is 25.5 Å². The summed E-state index contributed by atoms with van der Waals surface area (Å²) in [6.45, 7) is 4.77. The second-order valence-electron chi connectivity index (χ2n) is 5.36. The number of aromatic nitrogens is 2. The molecule has 0 spiro atoms. The number of ether oxygens (including phenoxy) is 1. The van der Waals surface area contributed by atoms with Crippen LogP contribution in [0.4, 0.5) is 0 Å². The Labute approximate surface area is 150 Å². The van der Waals surface area contributed by atoms with Crippen LogP contribution >= 0.6 is 11.7 Å². The van der Waals surface area contributed by atoms with E-state index in [0.717, 1.165) is 31.6 Å². The topological polar surface area (TPSA) is 113 Å². The van der Waals surface area contributed by atoms with Crippen molar-refractivity contribution in [2.24, 2.45) is 0 Å². The molecule has 0 saturated carbocycles. The molecule has 0 unspecified atom stereocenters. The molecule has 1 aliphatic rings. The fourth-order valence-corrected chi connectivity index (χ4v) is 2.55. The summed E-state index contributed by atoms with van der Waals surface area (Å²) in [6, 6.07) is 0. The highest BCUT2D eigenvalue weighted by Gasteiger charge is 2.18. The van der Waals surface area contributed by atoms with Gasteiger partial charge in [0.1, 0.15) is 12.3 Å². The van der Waals surface area contributed by atoms with Crippen LogP contribution in [-0.4, -0.2) is 62.5 Å². The zero-order valence-electron chi connectivity index (χ0n) is 14.3. The summed E-state index contributed by atoms with van der Waals surface area (Å²) in [5, 5.41) is 14.8. The van der Waals surface area contributed by atoms with E-state index in [2.05, 4.69) is 39.8 Å². The van der Waals surface area contributed by atoms with E-state index in [1.165, 1.54) is 23.7 Å². The highest BCUT2D eigenvalue weighted by atomic mass is 32.1. The van der Waals surface area contributed by atoms with Crippen LogP contribution in [0.1, 0.15) is 31.9 Å². The van der Waals surface area contributed by atoms with Crippen molar-refractivity contribution in [2.45, 2.75) is 26.2 Å². The number of unbranched alkanes of at least 4 members (excludes halogenated alkanes) is 1. The summed E-state index contributed by atoms with van der Waals surface area (Å²) < 4.78 is 14.3. The van der Waals surface area contributed by atoms with Crippen molar-refractivity contribution in [3.63, 3.8) is 0 Å². The maximum atomic E-state index is 9.10. The molecule has 0 radical (unpaired) electrons. The summed E-state index contributed by atoms with van der Waals surface area (Å²) in [5.41, 5.74) is 2.15. The fraction of sp³-hybridized carbons (Fsp3) is 0.500. The van der Waals surface area contributed by atoms with Crippen LogP contribution in [0.15, 0.2) is 18.2 Å². The molecule has 1 aliphatic heterocycles. The molecule has 9 heteroatoms. The third-order valence-electron chi connectivity index (χ3n) is 3.23. The Balaban J connectivity index is 0.000000450. The Morgan fingerprint density at radius 3 is 2.64 bits per heavy atom. The highest BCUT2D eigenvalue weighted by Crippen LogP contribution is 2.26. The number of allylic oxidation sites excluding steroid dienone is 1. The van der Waals surface area contributed by atoms with Gasteiger partial charge in [0.15, 0.2) is 0 Å². The second kappa shape index (κ2) is 11.3. The number of rotatable bonds is 6. The van der Waals surface area contributed by atoms with Crippen molar-refractivity contribution in [3.8, 4) is 5.88 Å². The van der Waals surface area contributed by atoms with Crippen molar-refractivity contribution in [2.75, 3.05) is 26.7 Å². The molecule has 0 aromatic carbocycles. The van der Waals surface area contributed by atoms with Crippen LogP contribution in [0.5, 0.6) is 5.88 Å². The molecular formula is C16H23N3O5S. The summed E-state index contributed by atoms with van der Waals surface area (Å²) in [5.74, 6) is -2.97. The number of aliphatic carboxylic acids is 2. The van der Waals surface area contributed by atoms with E-state index < -0.39 is 11.9 Å². The number of hydrogen-bond acceptors (Lipinski definition) is 7. The van der Waals surface area contributed by atoms with Gasteiger partial charge in [0, 0.05) is 13.1 Å². The predicted molar refractivity (Wildman–Crippen MR) is 94.8 cm³/mol. The van der Waals surface area contributed by atoms with E-state index in [1.807, 2.05) is 6.08 Å². The van der Waals surface area contributed by atoms with Gasteiger partial charge in [0.25, 0.3) is 5.88 Å². The van der Waals surface area contributed by atoms with Crippen LogP contribution < -0.4 is 4.74 Å². The fourth-order valence-electron chi connectivity index (χ4n) is 2.02. The molecule has 138 valence electrons. The van der Waals surface area contributed by atoms with Crippen LogP contribution in [0.2, 0.25) is 0 Å². The lowest BCUT2D eigenvalue weighted by Crippen LogP contribution is -2.25. The lowest BCUT2D eigenvalue weighted by atomic mass is 10.1. The molecule has 0 atom stereocenters. The lowest BCUT2D eigenvalue weighted by molar-refractivity contribution is -0.159. The molecule has 2 heterocycles. The molecular weight excluding hydrogens is 346 g/mol. The molecule has 2 N–H and O–H groups in total. The van der Waals surface area contributed by atoms with Crippen molar-refractivity contribution in [1.29, 1.82) is 0 Å². The van der Waals surface area contributed by atoms with Crippen molar-refractivity contribution < 1.29 is 24.5 Å². The lowest BCUT2D eigenvalue weighted by Gasteiger charge is -2.21. The van der Waals surface area contributed by atoms with Gasteiger partial charge < -0.3 is 19.8 Å². The zero-order valence-corrected chi connectivity index (χ0v) is 15.2. The van der Waals surface area contributed by atoms with Gasteiger partial charge in [-0.2, -0.15) is 4.37 Å². The maximum Gasteiger partial charge on any atom is 0.414 e. The first kappa shape index (κ1) is 20.8. The van der Waals surface area contributed by atoms with Gasteiger partial charge in [-0.3, -0.25) is 0 Å². The number of nitrogens with zero attached hydrogens (tertiary/aromatic N) is 3. The zero-order chi connectivity index (χ0) is 18.7. The normalized spacial score (nSPS) is 14.6. The van der Waals surface area contributed by atoms with E-state index in [-0.39, 0.29) is 0 Å². The van der Waals surface area contributed by atoms with Crippen LogP contribution in [0, 0.1) is 0 Å². The standard InChI is InChI=1S/C14H21N3OS.C2H2O4/c1-3-4-5-6-10-18-14-13(15-19-16-14)12-8-7-9-17(2)11-12;3-1(4)2(5)6/h5-6,8H,3-4,7,9-11H2,1-2H3;(H,3,4)(H,5,6)/b6-5-;. The van der Waals surface area contributed by atoms with Crippen LogP contribution in [0.3, 0.4) is 0 Å². The first-order chi connectivity index (χ1) is 12.0. The number of carbonyl (C=O) groups is 2. The van der Waals surface area contributed by atoms with E-state index in [1.54, 1.807) is 0 Å². The first-order valence-corrected chi connectivity index (χ1v) is 8.63. The van der Waals surface area contributed by atoms with Gasteiger partial charge in [0.2, 0.25) is 0 Å². The minimum atomic E-state index is -1.82. The maximum absolute atomic E-state index is 9.10. The third kappa shape index (κ3) is 7.90. The number of carboxylic acids is 2. The molecule has 0 saturated heterocycles. The average Bonchev–Trinajstić information content (AvgIpc) is 3.03. The third-order valence-corrected chi connectivity index (χ3v) is 3.74. The van der Waals surface area contributed by atoms with Gasteiger partial charge in [-0.1, -0.05) is 31.6 Å². The first-order valence-electron chi connectivity index (χ1n) is 7.90. The molecule has 0 bridgehead atoms. The van der Waals surface area contributed by atoms with Gasteiger partial charge >= 0.3 is 11.9 Å². The van der Waals surface area contributed by atoms with Crippen LogP contribution in [-0.2, 0) is 9.59 Å². The summed E-state index contributed by atoms with van der Waals surface area (Å²) >= 11 is 1.22. The average molecular weight is 369 g/mol. The van der Waals surface area contributed by atoms with Crippen molar-refractivity contribution in [1.82, 2.24) is 13.6 Å². The van der Waals surface area contributed by atoms with Crippen LogP contribution in [0.25, 0.3) is 5.57 Å². The largest absolute Gasteiger partial charge is 0.473 e. The van der Waals surface area contributed by atoms with Gasteiger partial charge in [-0.25, -0.2) is 9.59 Å². The molecule has 1 aromatic rings. The smallest absolute Gasteiger partial charge is 0.414 e. The molecule has 0 fully saturated rings. The number of likely N-dealkylation sites (N-methyl/N-ethyl adjacent to an activating group) is 1.